The molecule has 1 N–H and O–H groups in total. The van der Waals surface area contributed by atoms with Gasteiger partial charge in [0, 0.05) is 17.3 Å². The summed E-state index contributed by atoms with van der Waals surface area (Å²) in [6, 6.07) is 14.5. The van der Waals surface area contributed by atoms with E-state index in [-0.39, 0.29) is 18.1 Å². The highest BCUT2D eigenvalue weighted by Gasteiger charge is 2.08. The van der Waals surface area contributed by atoms with Crippen LogP contribution in [0.1, 0.15) is 38.1 Å². The van der Waals surface area contributed by atoms with E-state index in [1.54, 1.807) is 24.3 Å². The summed E-state index contributed by atoms with van der Waals surface area (Å²) in [5.41, 5.74) is 1.28. The molecule has 122 valence electrons. The molecule has 4 nitrogen and oxygen atoms in total. The van der Waals surface area contributed by atoms with Gasteiger partial charge in [0.15, 0.2) is 0 Å². The highest BCUT2D eigenvalue weighted by molar-refractivity contribution is 6.04. The fourth-order valence-corrected chi connectivity index (χ4v) is 2.08. The molecule has 0 aliphatic carbocycles. The van der Waals surface area contributed by atoms with Crippen LogP contribution in [0, 0.1) is 0 Å². The van der Waals surface area contributed by atoms with E-state index in [1.165, 1.54) is 0 Å². The minimum atomic E-state index is -0.164. The number of carbonyl (C=O) groups excluding carboxylic acids is 1. The Bertz CT molecular complexity index is 648. The van der Waals surface area contributed by atoms with Crippen LogP contribution in [0.5, 0.6) is 11.5 Å². The van der Waals surface area contributed by atoms with E-state index < -0.39 is 0 Å². The molecule has 0 unspecified atom stereocenters. The van der Waals surface area contributed by atoms with Crippen LogP contribution in [0.3, 0.4) is 0 Å². The van der Waals surface area contributed by atoms with Crippen molar-refractivity contribution in [2.75, 3.05) is 5.32 Å². The zero-order chi connectivity index (χ0) is 16.8. The van der Waals surface area contributed by atoms with Crippen molar-refractivity contribution < 1.29 is 14.3 Å². The summed E-state index contributed by atoms with van der Waals surface area (Å²) in [6.45, 7) is 7.86. The van der Waals surface area contributed by atoms with Crippen LogP contribution in [0.2, 0.25) is 0 Å². The Morgan fingerprint density at radius 1 is 0.870 bits per heavy atom. The largest absolute Gasteiger partial charge is 0.491 e. The van der Waals surface area contributed by atoms with Gasteiger partial charge in [-0.2, -0.15) is 0 Å². The number of amides is 1. The van der Waals surface area contributed by atoms with Gasteiger partial charge in [-0.15, -0.1) is 0 Å². The lowest BCUT2D eigenvalue weighted by molar-refractivity contribution is 0.102. The van der Waals surface area contributed by atoms with E-state index in [4.69, 9.17) is 9.47 Å². The normalized spacial score (nSPS) is 10.7. The van der Waals surface area contributed by atoms with Gasteiger partial charge in [-0.1, -0.05) is 6.07 Å². The maximum absolute atomic E-state index is 12.3. The van der Waals surface area contributed by atoms with Gasteiger partial charge in [-0.25, -0.2) is 0 Å². The minimum absolute atomic E-state index is 0.0921. The van der Waals surface area contributed by atoms with Crippen molar-refractivity contribution >= 4 is 11.6 Å². The number of benzene rings is 2. The van der Waals surface area contributed by atoms with Crippen LogP contribution in [-0.2, 0) is 0 Å². The van der Waals surface area contributed by atoms with Gasteiger partial charge in [0.1, 0.15) is 11.5 Å². The second-order valence-corrected chi connectivity index (χ2v) is 5.84. The smallest absolute Gasteiger partial charge is 0.255 e. The van der Waals surface area contributed by atoms with Crippen LogP contribution < -0.4 is 14.8 Å². The van der Waals surface area contributed by atoms with Crippen molar-refractivity contribution in [1.29, 1.82) is 0 Å². The molecular formula is C19H23NO3. The third-order valence-corrected chi connectivity index (χ3v) is 2.95. The number of carbonyl (C=O) groups is 1. The maximum atomic E-state index is 12.3. The zero-order valence-corrected chi connectivity index (χ0v) is 14.0. The van der Waals surface area contributed by atoms with Crippen LogP contribution in [0.15, 0.2) is 48.5 Å². The summed E-state index contributed by atoms with van der Waals surface area (Å²) in [5.74, 6) is 1.32. The molecule has 2 rings (SSSR count). The average molecular weight is 313 g/mol. The molecule has 0 radical (unpaired) electrons. The SMILES string of the molecule is CC(C)Oc1ccc(C(=O)Nc2cccc(OC(C)C)c2)cc1. The fraction of sp³-hybridized carbons (Fsp3) is 0.316. The van der Waals surface area contributed by atoms with E-state index in [0.717, 1.165) is 11.5 Å². The molecule has 0 spiro atoms. The Hall–Kier alpha value is -2.49. The van der Waals surface area contributed by atoms with E-state index in [1.807, 2.05) is 52.0 Å². The Labute approximate surface area is 137 Å². The number of nitrogens with one attached hydrogen (secondary N) is 1. The minimum Gasteiger partial charge on any atom is -0.491 e. The number of anilines is 1. The predicted molar refractivity (Wildman–Crippen MR) is 92.4 cm³/mol. The molecule has 0 bridgehead atoms. The summed E-state index contributed by atoms with van der Waals surface area (Å²) in [6.07, 6.45) is 0.202. The first kappa shape index (κ1) is 16.9. The lowest BCUT2D eigenvalue weighted by atomic mass is 10.2. The monoisotopic (exact) mass is 313 g/mol. The molecule has 23 heavy (non-hydrogen) atoms. The molecule has 0 atom stereocenters. The van der Waals surface area contributed by atoms with E-state index in [2.05, 4.69) is 5.32 Å². The van der Waals surface area contributed by atoms with E-state index in [9.17, 15) is 4.79 Å². The van der Waals surface area contributed by atoms with Gasteiger partial charge in [-0.3, -0.25) is 4.79 Å². The molecule has 4 heteroatoms. The Morgan fingerprint density at radius 2 is 1.48 bits per heavy atom. The van der Waals surface area contributed by atoms with Crippen molar-refractivity contribution in [3.8, 4) is 11.5 Å². The molecular weight excluding hydrogens is 290 g/mol. The van der Waals surface area contributed by atoms with Gasteiger partial charge in [0.25, 0.3) is 5.91 Å². The molecule has 0 aromatic heterocycles. The van der Waals surface area contributed by atoms with Gasteiger partial charge < -0.3 is 14.8 Å². The first-order valence-electron chi connectivity index (χ1n) is 7.79. The molecule has 0 heterocycles. The van der Waals surface area contributed by atoms with Crippen LogP contribution >= 0.6 is 0 Å². The standard InChI is InChI=1S/C19H23NO3/c1-13(2)22-17-10-8-15(9-11-17)19(21)20-16-6-5-7-18(12-16)23-14(3)4/h5-14H,1-4H3,(H,20,21). The Balaban J connectivity index is 2.04. The van der Waals surface area contributed by atoms with Crippen LogP contribution in [0.25, 0.3) is 0 Å². The maximum Gasteiger partial charge on any atom is 0.255 e. The topological polar surface area (TPSA) is 47.6 Å². The number of rotatable bonds is 6. The van der Waals surface area contributed by atoms with Crippen molar-refractivity contribution in [2.45, 2.75) is 39.9 Å². The highest BCUT2D eigenvalue weighted by Crippen LogP contribution is 2.20. The molecule has 0 fully saturated rings. The number of ether oxygens (including phenoxy) is 2. The first-order chi connectivity index (χ1) is 10.9. The van der Waals surface area contributed by atoms with Crippen molar-refractivity contribution in [2.24, 2.45) is 0 Å². The summed E-state index contributed by atoms with van der Waals surface area (Å²) < 4.78 is 11.2. The van der Waals surface area contributed by atoms with Gasteiger partial charge in [0.05, 0.1) is 12.2 Å². The molecule has 0 aliphatic rings. The first-order valence-corrected chi connectivity index (χ1v) is 7.79. The summed E-state index contributed by atoms with van der Waals surface area (Å²) in [7, 11) is 0. The molecule has 2 aromatic carbocycles. The lowest BCUT2D eigenvalue weighted by Crippen LogP contribution is -2.12. The molecule has 1 amide bonds. The number of hydrogen-bond acceptors (Lipinski definition) is 3. The number of hydrogen-bond donors (Lipinski definition) is 1. The molecule has 2 aromatic rings. The van der Waals surface area contributed by atoms with Gasteiger partial charge in [0.2, 0.25) is 0 Å². The van der Waals surface area contributed by atoms with Gasteiger partial charge in [-0.05, 0) is 64.1 Å². The Kier molecular flexibility index (Phi) is 5.63. The van der Waals surface area contributed by atoms with E-state index >= 15 is 0 Å². The molecule has 0 saturated carbocycles. The summed E-state index contributed by atoms with van der Waals surface area (Å²) >= 11 is 0. The zero-order valence-electron chi connectivity index (χ0n) is 14.0. The fourth-order valence-electron chi connectivity index (χ4n) is 2.08. The molecule has 0 saturated heterocycles. The van der Waals surface area contributed by atoms with Crippen LogP contribution in [-0.4, -0.2) is 18.1 Å². The second-order valence-electron chi connectivity index (χ2n) is 5.84. The highest BCUT2D eigenvalue weighted by atomic mass is 16.5. The van der Waals surface area contributed by atoms with Gasteiger partial charge >= 0.3 is 0 Å². The molecule has 0 aliphatic heterocycles. The third kappa shape index (κ3) is 5.33. The van der Waals surface area contributed by atoms with Crippen molar-refractivity contribution in [3.05, 3.63) is 54.1 Å². The Morgan fingerprint density at radius 3 is 2.09 bits per heavy atom. The van der Waals surface area contributed by atoms with Crippen molar-refractivity contribution in [3.63, 3.8) is 0 Å². The predicted octanol–water partition coefficient (Wildman–Crippen LogP) is 4.51. The second kappa shape index (κ2) is 7.68. The lowest BCUT2D eigenvalue weighted by Gasteiger charge is -2.12. The third-order valence-electron chi connectivity index (χ3n) is 2.95. The van der Waals surface area contributed by atoms with Crippen molar-refractivity contribution in [1.82, 2.24) is 0 Å². The summed E-state index contributed by atoms with van der Waals surface area (Å²) in [4.78, 5) is 12.3. The average Bonchev–Trinajstić information content (AvgIpc) is 2.47. The quantitative estimate of drug-likeness (QED) is 0.853. The summed E-state index contributed by atoms with van der Waals surface area (Å²) in [5, 5.41) is 2.87. The van der Waals surface area contributed by atoms with E-state index in [0.29, 0.717) is 11.3 Å². The van der Waals surface area contributed by atoms with Crippen LogP contribution in [0.4, 0.5) is 5.69 Å².